The first-order valence-corrected chi connectivity index (χ1v) is 6.16. The summed E-state index contributed by atoms with van der Waals surface area (Å²) < 4.78 is 6.20. The zero-order chi connectivity index (χ0) is 10.9. The maximum atomic E-state index is 5.81. The Morgan fingerprint density at radius 1 is 1.47 bits per heavy atom. The summed E-state index contributed by atoms with van der Waals surface area (Å²) in [6.07, 6.45) is 2.78. The molecule has 1 aromatic rings. The van der Waals surface area contributed by atoms with Crippen LogP contribution in [-0.2, 0) is 11.3 Å². The lowest BCUT2D eigenvalue weighted by molar-refractivity contribution is 0.140. The van der Waals surface area contributed by atoms with Crippen molar-refractivity contribution in [1.29, 1.82) is 0 Å². The van der Waals surface area contributed by atoms with Crippen molar-refractivity contribution < 1.29 is 4.74 Å². The maximum absolute atomic E-state index is 5.81. The second-order valence-electron chi connectivity index (χ2n) is 3.07. The highest BCUT2D eigenvalue weighted by Crippen LogP contribution is 2.20. The molecule has 0 fully saturated rings. The molecular formula is C11H16ClNOS. The van der Waals surface area contributed by atoms with Crippen LogP contribution in [0.5, 0.6) is 0 Å². The Kier molecular flexibility index (Phi) is 6.68. The zero-order valence-electron chi connectivity index (χ0n) is 8.67. The Balaban J connectivity index is 1.95. The van der Waals surface area contributed by atoms with Gasteiger partial charge in [0.05, 0.1) is 17.6 Å². The highest BCUT2D eigenvalue weighted by Gasteiger charge is 1.96. The molecule has 0 aliphatic carbocycles. The Morgan fingerprint density at radius 3 is 3.00 bits per heavy atom. The molecule has 0 saturated carbocycles. The number of hydrogen-bond donors (Lipinski definition) is 1. The van der Waals surface area contributed by atoms with Crippen LogP contribution < -0.4 is 5.32 Å². The summed E-state index contributed by atoms with van der Waals surface area (Å²) in [6, 6.07) is 3.96. The van der Waals surface area contributed by atoms with Crippen molar-refractivity contribution in [2.75, 3.05) is 19.8 Å². The van der Waals surface area contributed by atoms with E-state index in [4.69, 9.17) is 16.3 Å². The van der Waals surface area contributed by atoms with E-state index in [2.05, 4.69) is 11.9 Å². The normalized spacial score (nSPS) is 10.5. The number of halogens is 1. The minimum absolute atomic E-state index is 0.743. The summed E-state index contributed by atoms with van der Waals surface area (Å²) in [5, 5.41) is 3.29. The Bertz CT molecular complexity index is 288. The standard InChI is InChI=1S/C11H16ClNOS/c1-2-3-7-14-8-6-13-9-10-4-5-11(12)15-10/h2,4-5,13H,1,3,6-9H2. The average Bonchev–Trinajstić information content (AvgIpc) is 2.63. The molecule has 15 heavy (non-hydrogen) atoms. The van der Waals surface area contributed by atoms with E-state index in [1.54, 1.807) is 11.3 Å². The first-order chi connectivity index (χ1) is 7.33. The van der Waals surface area contributed by atoms with E-state index in [0.717, 1.165) is 37.1 Å². The summed E-state index contributed by atoms with van der Waals surface area (Å²) >= 11 is 7.42. The van der Waals surface area contributed by atoms with Crippen LogP contribution in [0.4, 0.5) is 0 Å². The lowest BCUT2D eigenvalue weighted by atomic mass is 10.4. The smallest absolute Gasteiger partial charge is 0.0931 e. The fourth-order valence-electron chi connectivity index (χ4n) is 1.07. The fraction of sp³-hybridized carbons (Fsp3) is 0.455. The van der Waals surface area contributed by atoms with Gasteiger partial charge in [0.25, 0.3) is 0 Å². The minimum atomic E-state index is 0.743. The van der Waals surface area contributed by atoms with Gasteiger partial charge in [0.1, 0.15) is 0 Å². The van der Waals surface area contributed by atoms with Gasteiger partial charge in [0.2, 0.25) is 0 Å². The second-order valence-corrected chi connectivity index (χ2v) is 4.87. The van der Waals surface area contributed by atoms with Crippen molar-refractivity contribution >= 4 is 22.9 Å². The molecule has 2 nitrogen and oxygen atoms in total. The van der Waals surface area contributed by atoms with Crippen molar-refractivity contribution in [2.45, 2.75) is 13.0 Å². The third-order valence-electron chi connectivity index (χ3n) is 1.82. The number of thiophene rings is 1. The molecule has 4 heteroatoms. The van der Waals surface area contributed by atoms with Gasteiger partial charge in [-0.15, -0.1) is 17.9 Å². The van der Waals surface area contributed by atoms with Gasteiger partial charge in [0, 0.05) is 18.0 Å². The molecule has 0 radical (unpaired) electrons. The van der Waals surface area contributed by atoms with Gasteiger partial charge in [-0.2, -0.15) is 0 Å². The Labute approximate surface area is 99.9 Å². The lowest BCUT2D eigenvalue weighted by Crippen LogP contribution is -2.18. The van der Waals surface area contributed by atoms with Crippen LogP contribution in [0, 0.1) is 0 Å². The van der Waals surface area contributed by atoms with E-state index < -0.39 is 0 Å². The topological polar surface area (TPSA) is 21.3 Å². The molecule has 0 saturated heterocycles. The molecule has 0 amide bonds. The molecule has 0 unspecified atom stereocenters. The van der Waals surface area contributed by atoms with E-state index in [0.29, 0.717) is 0 Å². The second kappa shape index (κ2) is 7.88. The van der Waals surface area contributed by atoms with E-state index >= 15 is 0 Å². The van der Waals surface area contributed by atoms with Crippen molar-refractivity contribution in [1.82, 2.24) is 5.32 Å². The molecule has 0 spiro atoms. The third-order valence-corrected chi connectivity index (χ3v) is 3.05. The number of rotatable bonds is 8. The van der Waals surface area contributed by atoms with Crippen LogP contribution in [0.25, 0.3) is 0 Å². The highest BCUT2D eigenvalue weighted by atomic mass is 35.5. The summed E-state index contributed by atoms with van der Waals surface area (Å²) in [6.45, 7) is 6.86. The predicted molar refractivity (Wildman–Crippen MR) is 66.7 cm³/mol. The van der Waals surface area contributed by atoms with Crippen LogP contribution in [0.15, 0.2) is 24.8 Å². The average molecular weight is 246 g/mol. The first kappa shape index (κ1) is 12.7. The summed E-state index contributed by atoms with van der Waals surface area (Å²) in [4.78, 5) is 1.26. The minimum Gasteiger partial charge on any atom is -0.380 e. The molecule has 84 valence electrons. The third kappa shape index (κ3) is 5.95. The first-order valence-electron chi connectivity index (χ1n) is 4.96. The van der Waals surface area contributed by atoms with Crippen molar-refractivity contribution in [3.8, 4) is 0 Å². The van der Waals surface area contributed by atoms with Crippen molar-refractivity contribution in [2.24, 2.45) is 0 Å². The molecule has 0 aliphatic rings. The fourth-order valence-corrected chi connectivity index (χ4v) is 2.13. The molecule has 1 aromatic heterocycles. The highest BCUT2D eigenvalue weighted by molar-refractivity contribution is 7.16. The van der Waals surface area contributed by atoms with Gasteiger partial charge >= 0.3 is 0 Å². The van der Waals surface area contributed by atoms with Gasteiger partial charge in [-0.3, -0.25) is 0 Å². The molecule has 1 heterocycles. The summed E-state index contributed by atoms with van der Waals surface area (Å²) in [7, 11) is 0. The van der Waals surface area contributed by atoms with Gasteiger partial charge in [0.15, 0.2) is 0 Å². The predicted octanol–water partition coefficient (Wildman–Crippen LogP) is 3.08. The van der Waals surface area contributed by atoms with Gasteiger partial charge < -0.3 is 10.1 Å². The SMILES string of the molecule is C=CCCOCCNCc1ccc(Cl)s1. The summed E-state index contributed by atoms with van der Waals surface area (Å²) in [5.74, 6) is 0. The Morgan fingerprint density at radius 2 is 2.33 bits per heavy atom. The number of hydrogen-bond acceptors (Lipinski definition) is 3. The van der Waals surface area contributed by atoms with Crippen LogP contribution in [0.3, 0.4) is 0 Å². The van der Waals surface area contributed by atoms with Crippen molar-refractivity contribution in [3.63, 3.8) is 0 Å². The lowest BCUT2D eigenvalue weighted by Gasteiger charge is -2.03. The van der Waals surface area contributed by atoms with Crippen LogP contribution >= 0.6 is 22.9 Å². The number of nitrogens with one attached hydrogen (secondary N) is 1. The molecule has 0 aliphatic heterocycles. The van der Waals surface area contributed by atoms with Gasteiger partial charge in [-0.05, 0) is 18.6 Å². The largest absolute Gasteiger partial charge is 0.380 e. The molecular weight excluding hydrogens is 230 g/mol. The van der Waals surface area contributed by atoms with Gasteiger partial charge in [-0.1, -0.05) is 17.7 Å². The molecule has 0 bridgehead atoms. The monoisotopic (exact) mass is 245 g/mol. The quantitative estimate of drug-likeness (QED) is 0.561. The van der Waals surface area contributed by atoms with Gasteiger partial charge in [-0.25, -0.2) is 0 Å². The molecule has 1 N–H and O–H groups in total. The van der Waals surface area contributed by atoms with Crippen LogP contribution in [0.2, 0.25) is 4.34 Å². The number of ether oxygens (including phenoxy) is 1. The molecule has 0 aromatic carbocycles. The molecule has 0 atom stereocenters. The Hall–Kier alpha value is -0.350. The van der Waals surface area contributed by atoms with Crippen LogP contribution in [0.1, 0.15) is 11.3 Å². The van der Waals surface area contributed by atoms with Crippen molar-refractivity contribution in [3.05, 3.63) is 34.0 Å². The summed E-state index contributed by atoms with van der Waals surface area (Å²) in [5.41, 5.74) is 0. The van der Waals surface area contributed by atoms with E-state index in [1.807, 2.05) is 18.2 Å². The van der Waals surface area contributed by atoms with E-state index in [1.165, 1.54) is 4.88 Å². The maximum Gasteiger partial charge on any atom is 0.0931 e. The van der Waals surface area contributed by atoms with E-state index in [-0.39, 0.29) is 0 Å². The molecule has 1 rings (SSSR count). The zero-order valence-corrected chi connectivity index (χ0v) is 10.2. The van der Waals surface area contributed by atoms with Crippen LogP contribution in [-0.4, -0.2) is 19.8 Å². The van der Waals surface area contributed by atoms with E-state index in [9.17, 15) is 0 Å².